The Morgan fingerprint density at radius 3 is 3.00 bits per heavy atom. The highest BCUT2D eigenvalue weighted by Crippen LogP contribution is 2.50. The average Bonchev–Trinajstić information content (AvgIpc) is 2.43. The topological polar surface area (TPSA) is 20.2 Å². The van der Waals surface area contributed by atoms with Crippen molar-refractivity contribution in [2.75, 3.05) is 0 Å². The molecule has 1 fully saturated rings. The molecule has 2 rings (SSSR count). The van der Waals surface area contributed by atoms with Gasteiger partial charge in [-0.05, 0) is 30.8 Å². The zero-order valence-electron chi connectivity index (χ0n) is 5.67. The zero-order valence-corrected chi connectivity index (χ0v) is 5.67. The lowest BCUT2D eigenvalue weighted by molar-refractivity contribution is 0.341. The molecule has 0 bridgehead atoms. The van der Waals surface area contributed by atoms with Gasteiger partial charge in [0.25, 0.3) is 0 Å². The molecule has 1 saturated carbocycles. The minimum atomic E-state index is 0.571. The van der Waals surface area contributed by atoms with Crippen LogP contribution in [0.1, 0.15) is 19.8 Å². The van der Waals surface area contributed by atoms with E-state index in [1.54, 1.807) is 0 Å². The van der Waals surface area contributed by atoms with Gasteiger partial charge in [0.2, 0.25) is 0 Å². The summed E-state index contributed by atoms with van der Waals surface area (Å²) >= 11 is 0. The van der Waals surface area contributed by atoms with E-state index in [-0.39, 0.29) is 0 Å². The number of aliphatic hydroxyl groups is 1. The van der Waals surface area contributed by atoms with E-state index in [0.29, 0.717) is 17.6 Å². The van der Waals surface area contributed by atoms with Crippen LogP contribution in [0.4, 0.5) is 0 Å². The van der Waals surface area contributed by atoms with Crippen LogP contribution in [0.3, 0.4) is 0 Å². The summed E-state index contributed by atoms with van der Waals surface area (Å²) < 4.78 is 0. The minimum absolute atomic E-state index is 0.571. The summed E-state index contributed by atoms with van der Waals surface area (Å²) in [5.74, 6) is 2.69. The summed E-state index contributed by atoms with van der Waals surface area (Å²) in [5, 5.41) is 9.25. The Kier molecular flexibility index (Phi) is 0.904. The Hall–Kier alpha value is -0.460. The maximum Gasteiger partial charge on any atom is 0.0919 e. The summed E-state index contributed by atoms with van der Waals surface area (Å²) in [4.78, 5) is 0. The van der Waals surface area contributed by atoms with Crippen molar-refractivity contribution in [3.05, 3.63) is 11.8 Å². The van der Waals surface area contributed by atoms with Gasteiger partial charge in [0.1, 0.15) is 0 Å². The van der Waals surface area contributed by atoms with Gasteiger partial charge in [0.05, 0.1) is 5.76 Å². The highest BCUT2D eigenvalue weighted by molar-refractivity contribution is 5.14. The van der Waals surface area contributed by atoms with Gasteiger partial charge >= 0.3 is 0 Å². The fourth-order valence-electron chi connectivity index (χ4n) is 1.83. The molecule has 3 atom stereocenters. The number of fused-ring (bicyclic) bond motifs is 1. The number of hydrogen-bond acceptors (Lipinski definition) is 1. The molecule has 50 valence electrons. The molecule has 1 heteroatoms. The Labute approximate surface area is 55.4 Å². The van der Waals surface area contributed by atoms with Gasteiger partial charge in [-0.15, -0.1) is 0 Å². The lowest BCUT2D eigenvalue weighted by Gasteiger charge is -2.11. The molecule has 0 saturated heterocycles. The summed E-state index contributed by atoms with van der Waals surface area (Å²) in [7, 11) is 0. The van der Waals surface area contributed by atoms with E-state index in [0.717, 1.165) is 5.92 Å². The van der Waals surface area contributed by atoms with Crippen molar-refractivity contribution in [2.45, 2.75) is 19.8 Å². The molecule has 3 unspecified atom stereocenters. The molecule has 9 heavy (non-hydrogen) atoms. The number of aliphatic hydroxyl groups excluding tert-OH is 1. The van der Waals surface area contributed by atoms with Crippen LogP contribution in [-0.2, 0) is 0 Å². The molecule has 0 radical (unpaired) electrons. The molecule has 0 aromatic carbocycles. The van der Waals surface area contributed by atoms with Crippen LogP contribution in [0.15, 0.2) is 11.8 Å². The fourth-order valence-corrected chi connectivity index (χ4v) is 1.83. The van der Waals surface area contributed by atoms with Crippen molar-refractivity contribution < 1.29 is 5.11 Å². The van der Waals surface area contributed by atoms with Crippen LogP contribution < -0.4 is 0 Å². The number of allylic oxidation sites excluding steroid dienone is 2. The molecule has 2 aliphatic rings. The molecule has 1 N–H and O–H groups in total. The van der Waals surface area contributed by atoms with Crippen LogP contribution >= 0.6 is 0 Å². The van der Waals surface area contributed by atoms with Gasteiger partial charge in [0.15, 0.2) is 0 Å². The first-order valence-corrected chi connectivity index (χ1v) is 3.68. The first kappa shape index (κ1) is 5.33. The van der Waals surface area contributed by atoms with E-state index in [2.05, 4.69) is 6.92 Å². The lowest BCUT2D eigenvalue weighted by atomic mass is 9.97. The van der Waals surface area contributed by atoms with Crippen molar-refractivity contribution in [3.8, 4) is 0 Å². The summed E-state index contributed by atoms with van der Waals surface area (Å²) in [6.07, 6.45) is 4.55. The highest BCUT2D eigenvalue weighted by atomic mass is 16.3. The van der Waals surface area contributed by atoms with E-state index in [9.17, 15) is 5.11 Å². The second-order valence-electron chi connectivity index (χ2n) is 3.41. The van der Waals surface area contributed by atoms with E-state index < -0.39 is 0 Å². The molecular formula is C8H12O. The predicted molar refractivity (Wildman–Crippen MR) is 36.1 cm³/mol. The largest absolute Gasteiger partial charge is 0.512 e. The quantitative estimate of drug-likeness (QED) is 0.524. The third-order valence-electron chi connectivity index (χ3n) is 2.43. The van der Waals surface area contributed by atoms with Crippen molar-refractivity contribution in [2.24, 2.45) is 17.8 Å². The van der Waals surface area contributed by atoms with Crippen LogP contribution in [0.25, 0.3) is 0 Å². The lowest BCUT2D eigenvalue weighted by Crippen LogP contribution is -2.02. The van der Waals surface area contributed by atoms with Gasteiger partial charge < -0.3 is 5.11 Å². The third kappa shape index (κ3) is 0.752. The minimum Gasteiger partial charge on any atom is -0.512 e. The van der Waals surface area contributed by atoms with Crippen LogP contribution in [0.2, 0.25) is 0 Å². The average molecular weight is 124 g/mol. The van der Waals surface area contributed by atoms with Gasteiger partial charge in [-0.1, -0.05) is 6.92 Å². The fraction of sp³-hybridized carbons (Fsp3) is 0.750. The molecular weight excluding hydrogens is 112 g/mol. The highest BCUT2D eigenvalue weighted by Gasteiger charge is 2.43. The molecule has 0 spiro atoms. The molecule has 0 aromatic heterocycles. The second-order valence-corrected chi connectivity index (χ2v) is 3.41. The van der Waals surface area contributed by atoms with E-state index >= 15 is 0 Å². The predicted octanol–water partition coefficient (Wildman–Crippen LogP) is 2.10. The van der Waals surface area contributed by atoms with Gasteiger partial charge in [-0.25, -0.2) is 0 Å². The first-order chi connectivity index (χ1) is 4.27. The van der Waals surface area contributed by atoms with Crippen molar-refractivity contribution in [1.82, 2.24) is 0 Å². The van der Waals surface area contributed by atoms with Gasteiger partial charge in [-0.3, -0.25) is 0 Å². The van der Waals surface area contributed by atoms with Gasteiger partial charge in [0, 0.05) is 5.92 Å². The Bertz CT molecular complexity index is 160. The summed E-state index contributed by atoms with van der Waals surface area (Å²) in [6.45, 7) is 2.17. The van der Waals surface area contributed by atoms with E-state index in [4.69, 9.17) is 0 Å². The van der Waals surface area contributed by atoms with Crippen LogP contribution in [0, 0.1) is 17.8 Å². The second kappa shape index (κ2) is 1.53. The monoisotopic (exact) mass is 124 g/mol. The Balaban J connectivity index is 2.18. The van der Waals surface area contributed by atoms with Gasteiger partial charge in [-0.2, -0.15) is 0 Å². The number of hydrogen-bond donors (Lipinski definition) is 1. The van der Waals surface area contributed by atoms with E-state index in [1.165, 1.54) is 12.8 Å². The zero-order chi connectivity index (χ0) is 6.43. The molecule has 0 aromatic rings. The number of rotatable bonds is 0. The molecule has 2 aliphatic carbocycles. The normalized spacial score (nSPS) is 47.7. The molecule has 0 amide bonds. The van der Waals surface area contributed by atoms with Crippen molar-refractivity contribution >= 4 is 0 Å². The Morgan fingerprint density at radius 2 is 2.33 bits per heavy atom. The van der Waals surface area contributed by atoms with Crippen molar-refractivity contribution in [1.29, 1.82) is 0 Å². The van der Waals surface area contributed by atoms with Crippen molar-refractivity contribution in [3.63, 3.8) is 0 Å². The smallest absolute Gasteiger partial charge is 0.0919 e. The standard InChI is InChI=1S/C8H12O/c1-5-2-6-4-7(6)8(9)3-5/h3,5-7,9H,2,4H2,1H3. The maximum atomic E-state index is 9.25. The Morgan fingerprint density at radius 1 is 1.56 bits per heavy atom. The summed E-state index contributed by atoms with van der Waals surface area (Å²) in [6, 6.07) is 0. The summed E-state index contributed by atoms with van der Waals surface area (Å²) in [5.41, 5.74) is 0. The molecule has 0 heterocycles. The molecule has 1 nitrogen and oxygen atoms in total. The van der Waals surface area contributed by atoms with Crippen LogP contribution in [0.5, 0.6) is 0 Å². The third-order valence-corrected chi connectivity index (χ3v) is 2.43. The SMILES string of the molecule is CC1C=C(O)C2CC2C1. The van der Waals surface area contributed by atoms with E-state index in [1.807, 2.05) is 6.08 Å². The van der Waals surface area contributed by atoms with Crippen LogP contribution in [-0.4, -0.2) is 5.11 Å². The maximum absolute atomic E-state index is 9.25. The first-order valence-electron chi connectivity index (χ1n) is 3.68. The molecule has 0 aliphatic heterocycles.